The number of rotatable bonds is 9. The molecule has 1 amide bonds. The van der Waals surface area contributed by atoms with E-state index >= 15 is 0 Å². The van der Waals surface area contributed by atoms with Crippen molar-refractivity contribution in [1.82, 2.24) is 10.2 Å². The number of carbonyl (C=O) groups excluding carboxylic acids is 2. The van der Waals surface area contributed by atoms with Crippen molar-refractivity contribution in [2.75, 3.05) is 18.6 Å². The van der Waals surface area contributed by atoms with Crippen molar-refractivity contribution in [3.63, 3.8) is 0 Å². The molecule has 5 rings (SSSR count). The van der Waals surface area contributed by atoms with Crippen molar-refractivity contribution in [3.05, 3.63) is 99.3 Å². The number of hydrogen-bond acceptors (Lipinski definition) is 9. The van der Waals surface area contributed by atoms with Crippen LogP contribution in [0.5, 0.6) is 11.5 Å². The molecule has 41 heavy (non-hydrogen) atoms. The molecular weight excluding hydrogens is 633 g/mol. The van der Waals surface area contributed by atoms with Crippen molar-refractivity contribution >= 4 is 61.6 Å². The van der Waals surface area contributed by atoms with E-state index < -0.39 is 17.7 Å². The lowest BCUT2D eigenvalue weighted by Gasteiger charge is -2.23. The number of halogens is 2. The van der Waals surface area contributed by atoms with Crippen LogP contribution < -0.4 is 14.4 Å². The Morgan fingerprint density at radius 3 is 2.49 bits per heavy atom. The Kier molecular flexibility index (Phi) is 8.71. The van der Waals surface area contributed by atoms with Gasteiger partial charge in [-0.05, 0) is 54.4 Å². The molecule has 3 aromatic carbocycles. The number of aromatic nitrogens is 2. The summed E-state index contributed by atoms with van der Waals surface area (Å²) in [7, 11) is 1.50. The number of carbonyl (C=O) groups is 2. The van der Waals surface area contributed by atoms with Crippen LogP contribution in [0.15, 0.2) is 81.1 Å². The highest BCUT2D eigenvalue weighted by molar-refractivity contribution is 9.10. The van der Waals surface area contributed by atoms with Gasteiger partial charge in [0.15, 0.2) is 15.8 Å². The number of ether oxygens (including phenoxy) is 2. The van der Waals surface area contributed by atoms with Gasteiger partial charge < -0.3 is 14.6 Å². The molecule has 0 saturated carbocycles. The van der Waals surface area contributed by atoms with Crippen molar-refractivity contribution in [3.8, 4) is 11.5 Å². The summed E-state index contributed by atoms with van der Waals surface area (Å²) in [5.74, 6) is -0.901. The first-order chi connectivity index (χ1) is 19.8. The number of aliphatic hydroxyl groups excluding tert-OH is 1. The van der Waals surface area contributed by atoms with Crippen LogP contribution >= 0.6 is 39.0 Å². The summed E-state index contributed by atoms with van der Waals surface area (Å²) in [4.78, 5) is 28.2. The predicted octanol–water partition coefficient (Wildman–Crippen LogP) is 6.77. The third kappa shape index (κ3) is 5.99. The first-order valence-corrected chi connectivity index (χ1v) is 15.0. The third-order valence-electron chi connectivity index (χ3n) is 6.24. The molecule has 1 fully saturated rings. The second-order valence-electron chi connectivity index (χ2n) is 8.78. The van der Waals surface area contributed by atoms with Crippen molar-refractivity contribution < 1.29 is 28.6 Å². The highest BCUT2D eigenvalue weighted by Gasteiger charge is 2.48. The summed E-state index contributed by atoms with van der Waals surface area (Å²) >= 11 is 5.89. The number of methoxy groups -OCH3 is 1. The van der Waals surface area contributed by atoms with E-state index in [1.54, 1.807) is 54.6 Å². The molecule has 1 aliphatic heterocycles. The van der Waals surface area contributed by atoms with E-state index in [2.05, 4.69) is 26.1 Å². The Balaban J connectivity index is 1.57. The molecule has 210 valence electrons. The van der Waals surface area contributed by atoms with Gasteiger partial charge in [-0.25, -0.2) is 4.39 Å². The Bertz CT molecular complexity index is 1630. The van der Waals surface area contributed by atoms with Crippen molar-refractivity contribution in [2.24, 2.45) is 0 Å². The van der Waals surface area contributed by atoms with Crippen LogP contribution in [0.4, 0.5) is 9.52 Å². The summed E-state index contributed by atoms with van der Waals surface area (Å²) in [6.07, 6.45) is 0. The molecule has 0 bridgehead atoms. The molecule has 1 N–H and O–H groups in total. The topological polar surface area (TPSA) is 102 Å². The van der Waals surface area contributed by atoms with Gasteiger partial charge in [0.2, 0.25) is 5.13 Å². The normalized spacial score (nSPS) is 16.3. The van der Waals surface area contributed by atoms with E-state index in [1.807, 2.05) is 6.92 Å². The van der Waals surface area contributed by atoms with E-state index in [4.69, 9.17) is 9.47 Å². The van der Waals surface area contributed by atoms with Gasteiger partial charge in [-0.3, -0.25) is 14.5 Å². The number of Topliss-reactive ketones (excluding diaryl/α,β-unsaturated/α-hetero) is 1. The molecule has 0 aliphatic carbocycles. The molecule has 1 aromatic heterocycles. The van der Waals surface area contributed by atoms with Crippen LogP contribution in [0.2, 0.25) is 0 Å². The number of nitrogens with zero attached hydrogens (tertiary/aromatic N) is 3. The lowest BCUT2D eigenvalue weighted by molar-refractivity contribution is -0.132. The molecule has 2 heterocycles. The fraction of sp³-hybridized carbons (Fsp3) is 0.172. The minimum atomic E-state index is -1.01. The maximum absolute atomic E-state index is 13.5. The molecule has 1 atom stereocenters. The SMILES string of the molecule is CCOc1ccc(C2/C(=C(/O)c3ccc(Br)cc3)C(=O)C(=O)N2c2nnc(SCc3ccc(F)cc3)s2)cc1OC. The second kappa shape index (κ2) is 12.4. The first kappa shape index (κ1) is 28.8. The number of anilines is 1. The van der Waals surface area contributed by atoms with Gasteiger partial charge in [0.05, 0.1) is 25.3 Å². The minimum Gasteiger partial charge on any atom is -0.507 e. The van der Waals surface area contributed by atoms with Crippen molar-refractivity contribution in [2.45, 2.75) is 23.1 Å². The van der Waals surface area contributed by atoms with Crippen LogP contribution in [-0.4, -0.2) is 40.7 Å². The van der Waals surface area contributed by atoms with E-state index in [1.165, 1.54) is 35.9 Å². The van der Waals surface area contributed by atoms with Gasteiger partial charge in [0.25, 0.3) is 5.78 Å². The number of thioether (sulfide) groups is 1. The molecular formula is C29H23BrFN3O5S2. The zero-order valence-corrected chi connectivity index (χ0v) is 25.1. The summed E-state index contributed by atoms with van der Waals surface area (Å²) < 4.78 is 25.8. The zero-order chi connectivity index (χ0) is 29.1. The fourth-order valence-corrected chi connectivity index (χ4v) is 6.41. The molecule has 1 aliphatic rings. The fourth-order valence-electron chi connectivity index (χ4n) is 4.32. The largest absolute Gasteiger partial charge is 0.507 e. The minimum absolute atomic E-state index is 0.0840. The van der Waals surface area contributed by atoms with E-state index in [0.29, 0.717) is 39.3 Å². The Hall–Kier alpha value is -3.74. The maximum Gasteiger partial charge on any atom is 0.301 e. The number of amides is 1. The molecule has 1 saturated heterocycles. The third-order valence-corrected chi connectivity index (χ3v) is 8.90. The van der Waals surface area contributed by atoms with Crippen LogP contribution in [0.25, 0.3) is 5.76 Å². The van der Waals surface area contributed by atoms with Crippen LogP contribution in [0.1, 0.15) is 29.7 Å². The van der Waals surface area contributed by atoms with Crippen LogP contribution in [-0.2, 0) is 15.3 Å². The average molecular weight is 657 g/mol. The van der Waals surface area contributed by atoms with E-state index in [0.717, 1.165) is 21.4 Å². The quantitative estimate of drug-likeness (QED) is 0.0693. The maximum atomic E-state index is 13.5. The lowest BCUT2D eigenvalue weighted by Crippen LogP contribution is -2.29. The molecule has 0 spiro atoms. The lowest BCUT2D eigenvalue weighted by atomic mass is 9.95. The first-order valence-electron chi connectivity index (χ1n) is 12.4. The summed E-state index contributed by atoms with van der Waals surface area (Å²) in [6, 6.07) is 17.0. The van der Waals surface area contributed by atoms with E-state index in [-0.39, 0.29) is 22.3 Å². The monoisotopic (exact) mass is 655 g/mol. The van der Waals surface area contributed by atoms with Gasteiger partial charge in [0.1, 0.15) is 11.6 Å². The second-order valence-corrected chi connectivity index (χ2v) is 11.9. The van der Waals surface area contributed by atoms with Gasteiger partial charge in [-0.15, -0.1) is 10.2 Å². The number of hydrogen-bond donors (Lipinski definition) is 1. The highest BCUT2D eigenvalue weighted by atomic mass is 79.9. The summed E-state index contributed by atoms with van der Waals surface area (Å²) in [6.45, 7) is 2.27. The average Bonchev–Trinajstić information content (AvgIpc) is 3.55. The Morgan fingerprint density at radius 2 is 1.80 bits per heavy atom. The van der Waals surface area contributed by atoms with Gasteiger partial charge >= 0.3 is 5.91 Å². The molecule has 4 aromatic rings. The van der Waals surface area contributed by atoms with Gasteiger partial charge in [-0.1, -0.05) is 69.4 Å². The van der Waals surface area contributed by atoms with Crippen LogP contribution in [0, 0.1) is 5.82 Å². The number of benzene rings is 3. The summed E-state index contributed by atoms with van der Waals surface area (Å²) in [5, 5.41) is 20.0. The highest BCUT2D eigenvalue weighted by Crippen LogP contribution is 2.45. The molecule has 12 heteroatoms. The Labute approximate surface area is 252 Å². The molecule has 1 unspecified atom stereocenters. The van der Waals surface area contributed by atoms with Crippen LogP contribution in [0.3, 0.4) is 0 Å². The smallest absolute Gasteiger partial charge is 0.301 e. The molecule has 0 radical (unpaired) electrons. The van der Waals surface area contributed by atoms with Crippen molar-refractivity contribution in [1.29, 1.82) is 0 Å². The Morgan fingerprint density at radius 1 is 1.07 bits per heavy atom. The summed E-state index contributed by atoms with van der Waals surface area (Å²) in [5.41, 5.74) is 1.70. The number of ketones is 1. The van der Waals surface area contributed by atoms with Gasteiger partial charge in [0, 0.05) is 15.8 Å². The molecule has 8 nitrogen and oxygen atoms in total. The number of aliphatic hydroxyl groups is 1. The zero-order valence-electron chi connectivity index (χ0n) is 21.8. The predicted molar refractivity (Wildman–Crippen MR) is 159 cm³/mol. The van der Waals surface area contributed by atoms with E-state index in [9.17, 15) is 19.1 Å². The van der Waals surface area contributed by atoms with Gasteiger partial charge in [-0.2, -0.15) is 0 Å². The standard InChI is InChI=1S/C29H23BrFN3O5S2/c1-3-39-21-13-8-18(14-22(21)38-2)24-23(25(35)17-6-9-19(30)10-7-17)26(36)27(37)34(24)28-32-33-29(41-28)40-15-16-4-11-20(31)12-5-16/h4-14,24,35H,3,15H2,1-2H3/b25-23-.